The summed E-state index contributed by atoms with van der Waals surface area (Å²) in [7, 11) is 0. The fourth-order valence-corrected chi connectivity index (χ4v) is 5.35. The number of aromatic hydroxyl groups is 2. The summed E-state index contributed by atoms with van der Waals surface area (Å²) in [5.41, 5.74) is -0.691. The molecule has 0 aromatic heterocycles. The molecule has 3 rings (SSSR count). The fraction of sp³-hybridized carbons (Fsp3) is 0.515. The van der Waals surface area contributed by atoms with Gasteiger partial charge in [0.1, 0.15) is 11.5 Å². The highest BCUT2D eigenvalue weighted by molar-refractivity contribution is 6.06. The lowest BCUT2D eigenvalue weighted by atomic mass is 9.82. The molecule has 6 N–H and O–H groups in total. The van der Waals surface area contributed by atoms with E-state index in [4.69, 9.17) is 19.7 Å². The van der Waals surface area contributed by atoms with Crippen molar-refractivity contribution in [2.24, 2.45) is 5.92 Å². The molecular weight excluding hydrogens is 598 g/mol. The summed E-state index contributed by atoms with van der Waals surface area (Å²) in [6, 6.07) is 8.82. The number of phenolic OH excluding ortho intramolecular Hbond substituents is 2. The van der Waals surface area contributed by atoms with Gasteiger partial charge in [0.05, 0.1) is 55.3 Å². The number of phenols is 2. The summed E-state index contributed by atoms with van der Waals surface area (Å²) in [5, 5.41) is 44.6. The van der Waals surface area contributed by atoms with Crippen LogP contribution in [0, 0.1) is 5.92 Å². The van der Waals surface area contributed by atoms with Crippen molar-refractivity contribution >= 4 is 23.5 Å². The molecular formula is C33H45N3O10. The minimum Gasteiger partial charge on any atom is -0.506 e. The largest absolute Gasteiger partial charge is 0.506 e. The normalized spacial score (nSPS) is 16.4. The van der Waals surface area contributed by atoms with E-state index in [9.17, 15) is 29.4 Å². The van der Waals surface area contributed by atoms with Crippen LogP contribution in [0.1, 0.15) is 81.0 Å². The second-order valence-electron chi connectivity index (χ2n) is 11.3. The van der Waals surface area contributed by atoms with E-state index >= 15 is 0 Å². The average Bonchev–Trinajstić information content (AvgIpc) is 3.03. The zero-order valence-electron chi connectivity index (χ0n) is 26.4. The van der Waals surface area contributed by atoms with Gasteiger partial charge in [0.15, 0.2) is 5.78 Å². The van der Waals surface area contributed by atoms with Crippen molar-refractivity contribution in [2.75, 3.05) is 59.3 Å². The predicted molar refractivity (Wildman–Crippen MR) is 168 cm³/mol. The maximum absolute atomic E-state index is 13.4. The summed E-state index contributed by atoms with van der Waals surface area (Å²) in [6.45, 7) is 5.01. The van der Waals surface area contributed by atoms with Gasteiger partial charge in [-0.2, -0.15) is 0 Å². The Hall–Kier alpha value is -4.04. The number of carbonyl (C=O) groups excluding carboxylic acids is 4. The lowest BCUT2D eigenvalue weighted by Crippen LogP contribution is -2.61. The van der Waals surface area contributed by atoms with Crippen LogP contribution in [0.3, 0.4) is 0 Å². The molecule has 2 atom stereocenters. The number of ether oxygens (including phenoxy) is 2. The topological polar surface area (TPSA) is 195 Å². The summed E-state index contributed by atoms with van der Waals surface area (Å²) in [6.07, 6.45) is 1.96. The van der Waals surface area contributed by atoms with Crippen LogP contribution in [0.5, 0.6) is 11.5 Å². The Kier molecular flexibility index (Phi) is 13.9. The SMILES string of the molecule is CCC(CCOCCO)C(=O)c1cccc(C(=O)NCCC2(C)CCN2C(=O)c2cccc(C(=O)NCCOCCO)c2O)c1O. The molecule has 2 unspecified atom stereocenters. The molecule has 13 heteroatoms. The zero-order valence-corrected chi connectivity index (χ0v) is 26.4. The fourth-order valence-electron chi connectivity index (χ4n) is 5.35. The van der Waals surface area contributed by atoms with Crippen LogP contribution < -0.4 is 10.6 Å². The third-order valence-electron chi connectivity index (χ3n) is 8.25. The van der Waals surface area contributed by atoms with Gasteiger partial charge in [-0.1, -0.05) is 19.1 Å². The van der Waals surface area contributed by atoms with Crippen molar-refractivity contribution in [3.8, 4) is 11.5 Å². The van der Waals surface area contributed by atoms with Crippen molar-refractivity contribution in [2.45, 2.75) is 45.1 Å². The predicted octanol–water partition coefficient (Wildman–Crippen LogP) is 1.87. The van der Waals surface area contributed by atoms with Crippen molar-refractivity contribution in [1.29, 1.82) is 0 Å². The number of nitrogens with one attached hydrogen (secondary N) is 2. The van der Waals surface area contributed by atoms with Gasteiger partial charge in [0.2, 0.25) is 0 Å². The first-order chi connectivity index (χ1) is 22.1. The number of nitrogens with zero attached hydrogens (tertiary/aromatic N) is 1. The maximum Gasteiger partial charge on any atom is 0.258 e. The van der Waals surface area contributed by atoms with E-state index < -0.39 is 40.7 Å². The van der Waals surface area contributed by atoms with E-state index in [2.05, 4.69) is 10.6 Å². The first-order valence-electron chi connectivity index (χ1n) is 15.5. The third-order valence-corrected chi connectivity index (χ3v) is 8.25. The van der Waals surface area contributed by atoms with Crippen LogP contribution >= 0.6 is 0 Å². The highest BCUT2D eigenvalue weighted by atomic mass is 16.5. The van der Waals surface area contributed by atoms with E-state index in [1.807, 2.05) is 13.8 Å². The van der Waals surface area contributed by atoms with Crippen LogP contribution in [0.4, 0.5) is 0 Å². The van der Waals surface area contributed by atoms with E-state index in [1.54, 1.807) is 4.90 Å². The molecule has 252 valence electrons. The molecule has 0 bridgehead atoms. The molecule has 0 aliphatic carbocycles. The summed E-state index contributed by atoms with van der Waals surface area (Å²) in [5.74, 6) is -3.13. The van der Waals surface area contributed by atoms with Gasteiger partial charge in [0, 0.05) is 37.7 Å². The van der Waals surface area contributed by atoms with Crippen LogP contribution in [0.25, 0.3) is 0 Å². The van der Waals surface area contributed by atoms with Crippen LogP contribution in [0.2, 0.25) is 0 Å². The molecule has 1 aliphatic heterocycles. The number of likely N-dealkylation sites (tertiary alicyclic amines) is 1. The minimum atomic E-state index is -0.634. The van der Waals surface area contributed by atoms with Gasteiger partial charge in [-0.05, 0) is 56.9 Å². The Morgan fingerprint density at radius 3 is 1.93 bits per heavy atom. The minimum absolute atomic E-state index is 0.0177. The van der Waals surface area contributed by atoms with Gasteiger partial charge in [-0.25, -0.2) is 0 Å². The molecule has 3 amide bonds. The van der Waals surface area contributed by atoms with Crippen molar-refractivity contribution < 1.29 is 49.1 Å². The standard InChI is InChI=1S/C33H45N3O10/c1-3-22(10-18-45-20-16-37)27(39)23-6-4-7-24(28(23)40)30(42)34-13-11-33(2)12-15-36(33)32(44)26-9-5-8-25(29(26)41)31(43)35-14-19-46-21-17-38/h4-9,22,37-38,40-41H,3,10-21H2,1-2H3,(H,34,42)(H,35,43). The molecule has 1 fully saturated rings. The first kappa shape index (κ1) is 36.4. The number of Topliss-reactive ketones (excluding diaryl/α,β-unsaturated/α-hetero) is 1. The second kappa shape index (κ2) is 17.6. The van der Waals surface area contributed by atoms with E-state index in [0.717, 1.165) is 0 Å². The number of hydrogen-bond donors (Lipinski definition) is 6. The molecule has 1 aliphatic rings. The Bertz CT molecular complexity index is 1370. The number of para-hydroxylation sites is 2. The molecule has 13 nitrogen and oxygen atoms in total. The van der Waals surface area contributed by atoms with Crippen LogP contribution in [-0.2, 0) is 9.47 Å². The lowest BCUT2D eigenvalue weighted by molar-refractivity contribution is 0.00271. The number of carbonyl (C=O) groups is 4. The third kappa shape index (κ3) is 9.03. The smallest absolute Gasteiger partial charge is 0.258 e. The van der Waals surface area contributed by atoms with E-state index in [0.29, 0.717) is 32.2 Å². The number of hydrogen-bond acceptors (Lipinski definition) is 10. The van der Waals surface area contributed by atoms with Crippen molar-refractivity contribution in [3.05, 3.63) is 58.7 Å². The zero-order chi connectivity index (χ0) is 33.7. The molecule has 1 saturated heterocycles. The number of aliphatic hydroxyl groups excluding tert-OH is 2. The molecule has 0 radical (unpaired) electrons. The number of benzene rings is 2. The molecule has 0 saturated carbocycles. The van der Waals surface area contributed by atoms with Gasteiger partial charge < -0.3 is 45.4 Å². The summed E-state index contributed by atoms with van der Waals surface area (Å²) < 4.78 is 10.4. The van der Waals surface area contributed by atoms with Gasteiger partial charge >= 0.3 is 0 Å². The Labute approximate surface area is 268 Å². The Morgan fingerprint density at radius 1 is 0.826 bits per heavy atom. The first-order valence-corrected chi connectivity index (χ1v) is 15.5. The van der Waals surface area contributed by atoms with Gasteiger partial charge in [0.25, 0.3) is 17.7 Å². The molecule has 0 spiro atoms. The van der Waals surface area contributed by atoms with E-state index in [1.165, 1.54) is 36.4 Å². The molecule has 2 aromatic carbocycles. The second-order valence-corrected chi connectivity index (χ2v) is 11.3. The highest BCUT2D eigenvalue weighted by Gasteiger charge is 2.44. The monoisotopic (exact) mass is 643 g/mol. The number of amides is 3. The summed E-state index contributed by atoms with van der Waals surface area (Å²) in [4.78, 5) is 53.8. The maximum atomic E-state index is 13.4. The molecule has 46 heavy (non-hydrogen) atoms. The van der Waals surface area contributed by atoms with Gasteiger partial charge in [-0.15, -0.1) is 0 Å². The van der Waals surface area contributed by atoms with E-state index in [-0.39, 0.29) is 80.8 Å². The van der Waals surface area contributed by atoms with Crippen LogP contribution in [-0.4, -0.2) is 114 Å². The molecule has 1 heterocycles. The van der Waals surface area contributed by atoms with Crippen molar-refractivity contribution in [1.82, 2.24) is 15.5 Å². The number of rotatable bonds is 19. The Balaban J connectivity index is 1.60. The average molecular weight is 644 g/mol. The van der Waals surface area contributed by atoms with Crippen molar-refractivity contribution in [3.63, 3.8) is 0 Å². The number of ketones is 1. The Morgan fingerprint density at radius 2 is 1.37 bits per heavy atom. The van der Waals surface area contributed by atoms with Crippen LogP contribution in [0.15, 0.2) is 36.4 Å². The molecule has 2 aromatic rings. The summed E-state index contributed by atoms with van der Waals surface area (Å²) >= 11 is 0. The highest BCUT2D eigenvalue weighted by Crippen LogP contribution is 2.37. The lowest BCUT2D eigenvalue weighted by Gasteiger charge is -2.51. The number of aliphatic hydroxyl groups is 2. The quantitative estimate of drug-likeness (QED) is 0.0972. The van der Waals surface area contributed by atoms with Gasteiger partial charge in [-0.3, -0.25) is 19.2 Å².